The molecule has 0 atom stereocenters. The third kappa shape index (κ3) is 4.92. The highest BCUT2D eigenvalue weighted by atomic mass is 79.9. The predicted octanol–water partition coefficient (Wildman–Crippen LogP) is 2.34. The molecule has 0 fully saturated rings. The van der Waals surface area contributed by atoms with Crippen LogP contribution in [0.3, 0.4) is 0 Å². The van der Waals surface area contributed by atoms with E-state index < -0.39 is 5.91 Å². The third-order valence-corrected chi connectivity index (χ3v) is 3.81. The van der Waals surface area contributed by atoms with E-state index in [1.807, 2.05) is 19.1 Å². The van der Waals surface area contributed by atoms with Gasteiger partial charge in [-0.15, -0.1) is 0 Å². The first kappa shape index (κ1) is 17.7. The first-order valence-electron chi connectivity index (χ1n) is 7.11. The Bertz CT molecular complexity index is 790. The zero-order valence-electron chi connectivity index (χ0n) is 12.9. The highest BCUT2D eigenvalue weighted by Crippen LogP contribution is 2.23. The number of hydrogen-bond acceptors (Lipinski definition) is 4. The summed E-state index contributed by atoms with van der Waals surface area (Å²) in [6, 6.07) is 12.0. The molecule has 2 amide bonds. The number of aryl methyl sites for hydroxylation is 1. The molecule has 3 N–H and O–H groups in total. The highest BCUT2D eigenvalue weighted by Gasteiger charge is 2.09. The van der Waals surface area contributed by atoms with E-state index in [2.05, 4.69) is 31.8 Å². The van der Waals surface area contributed by atoms with Crippen molar-refractivity contribution in [2.24, 2.45) is 5.10 Å². The molecular weight excluding hydrogens is 374 g/mol. The van der Waals surface area contributed by atoms with Crippen LogP contribution in [0.25, 0.3) is 0 Å². The number of carbonyl (C=O) groups is 2. The van der Waals surface area contributed by atoms with Gasteiger partial charge in [0.2, 0.25) is 0 Å². The average Bonchev–Trinajstić information content (AvgIpc) is 2.56. The van der Waals surface area contributed by atoms with Crippen LogP contribution >= 0.6 is 15.9 Å². The second-order valence-corrected chi connectivity index (χ2v) is 5.86. The van der Waals surface area contributed by atoms with Crippen LogP contribution in [0.15, 0.2) is 52.0 Å². The highest BCUT2D eigenvalue weighted by molar-refractivity contribution is 9.10. The van der Waals surface area contributed by atoms with Gasteiger partial charge in [-0.25, -0.2) is 5.43 Å². The smallest absolute Gasteiger partial charge is 0.259 e. The van der Waals surface area contributed by atoms with Crippen LogP contribution in [0.1, 0.15) is 21.5 Å². The van der Waals surface area contributed by atoms with Crippen molar-refractivity contribution in [3.05, 3.63) is 63.6 Å². The van der Waals surface area contributed by atoms with Gasteiger partial charge in [0.05, 0.1) is 17.2 Å². The summed E-state index contributed by atoms with van der Waals surface area (Å²) in [5, 5.41) is 15.7. The molecule has 2 aromatic rings. The Hall–Kier alpha value is -2.67. The molecule has 2 aromatic carbocycles. The molecule has 0 heterocycles. The molecule has 0 aliphatic heterocycles. The van der Waals surface area contributed by atoms with Crippen molar-refractivity contribution in [1.82, 2.24) is 10.7 Å². The minimum Gasteiger partial charge on any atom is -0.507 e. The summed E-state index contributed by atoms with van der Waals surface area (Å²) in [4.78, 5) is 23.7. The average molecular weight is 390 g/mol. The summed E-state index contributed by atoms with van der Waals surface area (Å²) in [5.74, 6) is -0.629. The standard InChI is InChI=1S/C17H16BrN3O3/c1-11-4-2-3-5-13(11)17(24)19-10-16(23)21-20-9-12-6-7-15(22)14(18)8-12/h2-9,22H,10H2,1H3,(H,19,24)(H,21,23)/b20-9-. The molecule has 0 radical (unpaired) electrons. The lowest BCUT2D eigenvalue weighted by Crippen LogP contribution is -2.35. The number of amides is 2. The van der Waals surface area contributed by atoms with E-state index in [0.717, 1.165) is 5.56 Å². The Labute approximate surface area is 147 Å². The van der Waals surface area contributed by atoms with E-state index in [1.165, 1.54) is 12.3 Å². The Morgan fingerprint density at radius 2 is 2.00 bits per heavy atom. The fraction of sp³-hybridized carbons (Fsp3) is 0.118. The van der Waals surface area contributed by atoms with Gasteiger partial charge in [0.1, 0.15) is 5.75 Å². The van der Waals surface area contributed by atoms with Gasteiger partial charge < -0.3 is 10.4 Å². The summed E-state index contributed by atoms with van der Waals surface area (Å²) >= 11 is 3.19. The van der Waals surface area contributed by atoms with Crippen molar-refractivity contribution < 1.29 is 14.7 Å². The molecule has 2 rings (SSSR count). The minimum absolute atomic E-state index is 0.120. The minimum atomic E-state index is -0.439. The zero-order valence-corrected chi connectivity index (χ0v) is 14.5. The van der Waals surface area contributed by atoms with Gasteiger partial charge >= 0.3 is 0 Å². The van der Waals surface area contributed by atoms with Gasteiger partial charge in [0, 0.05) is 5.56 Å². The molecule has 7 heteroatoms. The van der Waals surface area contributed by atoms with Crippen molar-refractivity contribution in [3.8, 4) is 5.75 Å². The van der Waals surface area contributed by atoms with Crippen LogP contribution < -0.4 is 10.7 Å². The fourth-order valence-corrected chi connectivity index (χ4v) is 2.30. The number of rotatable bonds is 5. The molecule has 0 aromatic heterocycles. The Morgan fingerprint density at radius 3 is 2.71 bits per heavy atom. The Balaban J connectivity index is 1.83. The molecule has 0 bridgehead atoms. The van der Waals surface area contributed by atoms with Crippen molar-refractivity contribution in [2.45, 2.75) is 6.92 Å². The lowest BCUT2D eigenvalue weighted by atomic mass is 10.1. The number of carbonyl (C=O) groups excluding carboxylic acids is 2. The topological polar surface area (TPSA) is 90.8 Å². The van der Waals surface area contributed by atoms with Gasteiger partial charge in [-0.05, 0) is 58.2 Å². The van der Waals surface area contributed by atoms with Gasteiger partial charge in [-0.1, -0.05) is 18.2 Å². The van der Waals surface area contributed by atoms with Crippen LogP contribution in [0.2, 0.25) is 0 Å². The molecule has 24 heavy (non-hydrogen) atoms. The van der Waals surface area contributed by atoms with Crippen LogP contribution in [0.4, 0.5) is 0 Å². The monoisotopic (exact) mass is 389 g/mol. The maximum absolute atomic E-state index is 12.0. The van der Waals surface area contributed by atoms with Gasteiger partial charge in [0.15, 0.2) is 0 Å². The maximum Gasteiger partial charge on any atom is 0.259 e. The fourth-order valence-electron chi connectivity index (χ4n) is 1.91. The van der Waals surface area contributed by atoms with Crippen LogP contribution in [-0.4, -0.2) is 29.7 Å². The number of benzene rings is 2. The first-order valence-corrected chi connectivity index (χ1v) is 7.91. The number of hydrazone groups is 1. The number of nitrogens with one attached hydrogen (secondary N) is 2. The molecule has 0 spiro atoms. The Kier molecular flexibility index (Phi) is 6.08. The van der Waals surface area contributed by atoms with E-state index in [0.29, 0.717) is 15.6 Å². The number of hydrogen-bond donors (Lipinski definition) is 3. The van der Waals surface area contributed by atoms with Gasteiger partial charge in [-0.3, -0.25) is 9.59 Å². The van der Waals surface area contributed by atoms with Gasteiger partial charge in [-0.2, -0.15) is 5.10 Å². The number of phenols is 1. The van der Waals surface area contributed by atoms with Crippen molar-refractivity contribution >= 4 is 34.0 Å². The summed E-state index contributed by atoms with van der Waals surface area (Å²) in [5.41, 5.74) is 4.39. The third-order valence-electron chi connectivity index (χ3n) is 3.17. The molecule has 0 unspecified atom stereocenters. The summed E-state index contributed by atoms with van der Waals surface area (Å²) in [6.07, 6.45) is 1.44. The van der Waals surface area contributed by atoms with Crippen LogP contribution in [0.5, 0.6) is 5.75 Å². The quantitative estimate of drug-likeness (QED) is 0.541. The number of phenolic OH excluding ortho intramolecular Hbond substituents is 1. The lowest BCUT2D eigenvalue weighted by molar-refractivity contribution is -0.120. The van der Waals surface area contributed by atoms with E-state index in [4.69, 9.17) is 0 Å². The molecule has 0 aliphatic rings. The molecule has 0 saturated heterocycles. The number of nitrogens with zero attached hydrogens (tertiary/aromatic N) is 1. The van der Waals surface area contributed by atoms with Crippen molar-refractivity contribution in [1.29, 1.82) is 0 Å². The molecule has 0 saturated carbocycles. The second kappa shape index (κ2) is 8.26. The summed E-state index contributed by atoms with van der Waals surface area (Å²) < 4.78 is 0.531. The van der Waals surface area contributed by atoms with Crippen LogP contribution in [0, 0.1) is 6.92 Å². The van der Waals surface area contributed by atoms with Crippen molar-refractivity contribution in [2.75, 3.05) is 6.54 Å². The Morgan fingerprint density at radius 1 is 1.25 bits per heavy atom. The van der Waals surface area contributed by atoms with Crippen molar-refractivity contribution in [3.63, 3.8) is 0 Å². The molecule has 0 aliphatic carbocycles. The first-order chi connectivity index (χ1) is 11.5. The largest absolute Gasteiger partial charge is 0.507 e. The molecule has 124 valence electrons. The SMILES string of the molecule is Cc1ccccc1C(=O)NCC(=O)N/N=C\c1ccc(O)c(Br)c1. The lowest BCUT2D eigenvalue weighted by Gasteiger charge is -2.06. The van der Waals surface area contributed by atoms with E-state index in [1.54, 1.807) is 24.3 Å². The molecular formula is C17H16BrN3O3. The molecule has 6 nitrogen and oxygen atoms in total. The number of halogens is 1. The summed E-state index contributed by atoms with van der Waals surface area (Å²) in [6.45, 7) is 1.65. The predicted molar refractivity (Wildman–Crippen MR) is 95.1 cm³/mol. The van der Waals surface area contributed by atoms with Gasteiger partial charge in [0.25, 0.3) is 11.8 Å². The summed E-state index contributed by atoms with van der Waals surface area (Å²) in [7, 11) is 0. The van der Waals surface area contributed by atoms with E-state index in [-0.39, 0.29) is 18.2 Å². The van der Waals surface area contributed by atoms with Crippen LogP contribution in [-0.2, 0) is 4.79 Å². The zero-order chi connectivity index (χ0) is 17.5. The second-order valence-electron chi connectivity index (χ2n) is 5.00. The normalized spacial score (nSPS) is 10.6. The maximum atomic E-state index is 12.0. The van der Waals surface area contributed by atoms with E-state index >= 15 is 0 Å². The number of aromatic hydroxyl groups is 1. The van der Waals surface area contributed by atoms with E-state index in [9.17, 15) is 14.7 Å².